The van der Waals surface area contributed by atoms with E-state index in [0.717, 1.165) is 11.4 Å². The molecule has 0 bridgehead atoms. The number of esters is 1. The molecule has 11 nitrogen and oxygen atoms in total. The molecule has 2 heterocycles. The van der Waals surface area contributed by atoms with E-state index in [2.05, 4.69) is 25.1 Å². The number of anilines is 1. The standard InChI is InChI=1S/C21H24N6O5S/c1-13-10-14(2)23-21(22-13)27-18(11-15(3)25-27)24-19(28)12-32-20(29)16(4)26-33(30,31)17-8-6-5-7-9-17/h5-11,16,26H,12H2,1-4H3,(H,24,28)/t16-/m0/s1. The molecule has 0 saturated carbocycles. The number of hydrogen-bond acceptors (Lipinski definition) is 8. The molecule has 3 rings (SSSR count). The number of hydrogen-bond donors (Lipinski definition) is 2. The third-order valence-corrected chi connectivity index (χ3v) is 5.90. The molecule has 2 N–H and O–H groups in total. The predicted octanol–water partition coefficient (Wildman–Crippen LogP) is 1.44. The van der Waals surface area contributed by atoms with Gasteiger partial charge >= 0.3 is 5.97 Å². The number of nitrogens with one attached hydrogen (secondary N) is 2. The van der Waals surface area contributed by atoms with E-state index in [1.165, 1.54) is 23.7 Å². The quantitative estimate of drug-likeness (QED) is 0.469. The summed E-state index contributed by atoms with van der Waals surface area (Å²) in [5, 5.41) is 6.90. The van der Waals surface area contributed by atoms with Crippen molar-refractivity contribution in [1.29, 1.82) is 0 Å². The topological polar surface area (TPSA) is 145 Å². The van der Waals surface area contributed by atoms with E-state index in [4.69, 9.17) is 4.74 Å². The van der Waals surface area contributed by atoms with Crippen LogP contribution in [0.1, 0.15) is 24.0 Å². The summed E-state index contributed by atoms with van der Waals surface area (Å²) >= 11 is 0. The molecule has 0 aliphatic rings. The SMILES string of the molecule is Cc1cc(C)nc(-n2nc(C)cc2NC(=O)COC(=O)[C@H](C)NS(=O)(=O)c2ccccc2)n1. The summed E-state index contributed by atoms with van der Waals surface area (Å²) in [5.74, 6) is -0.938. The van der Waals surface area contributed by atoms with Crippen molar-refractivity contribution < 1.29 is 22.7 Å². The number of carbonyl (C=O) groups is 2. The van der Waals surface area contributed by atoms with Crippen molar-refractivity contribution in [3.63, 3.8) is 0 Å². The summed E-state index contributed by atoms with van der Waals surface area (Å²) in [6.45, 7) is 6.10. The molecular weight excluding hydrogens is 448 g/mol. The number of amides is 1. The summed E-state index contributed by atoms with van der Waals surface area (Å²) in [5.41, 5.74) is 2.10. The predicted molar refractivity (Wildman–Crippen MR) is 119 cm³/mol. The van der Waals surface area contributed by atoms with Gasteiger partial charge in [-0.2, -0.15) is 14.5 Å². The minimum absolute atomic E-state index is 0.0135. The highest BCUT2D eigenvalue weighted by Crippen LogP contribution is 2.15. The number of carbonyl (C=O) groups excluding carboxylic acids is 2. The Morgan fingerprint density at radius 2 is 1.67 bits per heavy atom. The average molecular weight is 473 g/mol. The number of nitrogens with zero attached hydrogens (tertiary/aromatic N) is 4. The molecule has 0 radical (unpaired) electrons. The molecule has 0 aliphatic heterocycles. The van der Waals surface area contributed by atoms with Gasteiger partial charge in [-0.3, -0.25) is 9.59 Å². The Balaban J connectivity index is 1.61. The Bertz CT molecular complexity index is 1250. The van der Waals surface area contributed by atoms with Crippen LogP contribution in [-0.4, -0.2) is 52.7 Å². The molecule has 174 valence electrons. The van der Waals surface area contributed by atoms with Crippen molar-refractivity contribution in [2.45, 2.75) is 38.6 Å². The minimum atomic E-state index is -3.91. The molecule has 1 aromatic carbocycles. The Hall–Kier alpha value is -3.64. The molecule has 0 fully saturated rings. The third-order valence-electron chi connectivity index (χ3n) is 4.34. The lowest BCUT2D eigenvalue weighted by molar-refractivity contribution is -0.148. The zero-order chi connectivity index (χ0) is 24.2. The van der Waals surface area contributed by atoms with Gasteiger partial charge in [0, 0.05) is 17.5 Å². The van der Waals surface area contributed by atoms with E-state index in [1.54, 1.807) is 31.2 Å². The molecule has 2 aromatic heterocycles. The fourth-order valence-electron chi connectivity index (χ4n) is 2.93. The van der Waals surface area contributed by atoms with Crippen LogP contribution in [0.4, 0.5) is 5.82 Å². The van der Waals surface area contributed by atoms with Crippen molar-refractivity contribution >= 4 is 27.7 Å². The zero-order valence-corrected chi connectivity index (χ0v) is 19.4. The average Bonchev–Trinajstić information content (AvgIpc) is 3.11. The van der Waals surface area contributed by atoms with E-state index in [0.29, 0.717) is 11.5 Å². The second-order valence-corrected chi connectivity index (χ2v) is 9.06. The highest BCUT2D eigenvalue weighted by atomic mass is 32.2. The van der Waals surface area contributed by atoms with Crippen LogP contribution < -0.4 is 10.0 Å². The van der Waals surface area contributed by atoms with Crippen molar-refractivity contribution in [2.24, 2.45) is 0 Å². The van der Waals surface area contributed by atoms with Crippen molar-refractivity contribution in [2.75, 3.05) is 11.9 Å². The summed E-state index contributed by atoms with van der Waals surface area (Å²) in [4.78, 5) is 33.2. The number of sulfonamides is 1. The van der Waals surface area contributed by atoms with Crippen molar-refractivity contribution in [3.8, 4) is 5.95 Å². The first-order chi connectivity index (χ1) is 15.5. The van der Waals surface area contributed by atoms with Gasteiger partial charge in [-0.05, 0) is 45.9 Å². The number of rotatable bonds is 8. The van der Waals surface area contributed by atoms with Gasteiger partial charge in [-0.25, -0.2) is 18.4 Å². The van der Waals surface area contributed by atoms with Gasteiger partial charge in [0.1, 0.15) is 11.9 Å². The summed E-state index contributed by atoms with van der Waals surface area (Å²) in [6.07, 6.45) is 0. The van der Waals surface area contributed by atoms with Crippen LogP contribution in [0.25, 0.3) is 5.95 Å². The number of ether oxygens (including phenoxy) is 1. The van der Waals surface area contributed by atoms with E-state index < -0.39 is 34.5 Å². The third kappa shape index (κ3) is 6.20. The van der Waals surface area contributed by atoms with E-state index in [1.807, 2.05) is 19.9 Å². The van der Waals surface area contributed by atoms with Gasteiger partial charge in [0.25, 0.3) is 11.9 Å². The largest absolute Gasteiger partial charge is 0.454 e. The van der Waals surface area contributed by atoms with Gasteiger partial charge in [-0.1, -0.05) is 18.2 Å². The highest BCUT2D eigenvalue weighted by molar-refractivity contribution is 7.89. The van der Waals surface area contributed by atoms with Crippen LogP contribution in [0.3, 0.4) is 0 Å². The molecule has 1 amide bonds. The first kappa shape index (κ1) is 24.0. The van der Waals surface area contributed by atoms with Crippen LogP contribution in [0.5, 0.6) is 0 Å². The van der Waals surface area contributed by atoms with Crippen LogP contribution in [0.2, 0.25) is 0 Å². The molecule has 0 saturated heterocycles. The lowest BCUT2D eigenvalue weighted by Crippen LogP contribution is -2.40. The molecule has 0 unspecified atom stereocenters. The van der Waals surface area contributed by atoms with E-state index >= 15 is 0 Å². The first-order valence-electron chi connectivity index (χ1n) is 9.98. The second kappa shape index (κ2) is 9.88. The maximum atomic E-state index is 12.4. The summed E-state index contributed by atoms with van der Waals surface area (Å²) < 4.78 is 33.2. The molecule has 0 aliphatic carbocycles. The van der Waals surface area contributed by atoms with E-state index in [9.17, 15) is 18.0 Å². The van der Waals surface area contributed by atoms with Crippen molar-refractivity contribution in [1.82, 2.24) is 24.5 Å². The van der Waals surface area contributed by atoms with Gasteiger partial charge in [-0.15, -0.1) is 0 Å². The van der Waals surface area contributed by atoms with Gasteiger partial charge in [0.05, 0.1) is 10.6 Å². The van der Waals surface area contributed by atoms with Crippen LogP contribution in [-0.2, 0) is 24.3 Å². The Kier molecular flexibility index (Phi) is 7.19. The molecular formula is C21H24N6O5S. The van der Waals surface area contributed by atoms with Crippen LogP contribution in [0, 0.1) is 20.8 Å². The van der Waals surface area contributed by atoms with Gasteiger partial charge < -0.3 is 10.1 Å². The monoisotopic (exact) mass is 472 g/mol. The molecule has 33 heavy (non-hydrogen) atoms. The normalized spacial score (nSPS) is 12.2. The molecule has 3 aromatic rings. The Morgan fingerprint density at radius 1 is 1.03 bits per heavy atom. The van der Waals surface area contributed by atoms with E-state index in [-0.39, 0.29) is 10.8 Å². The lowest BCUT2D eigenvalue weighted by Gasteiger charge is -2.14. The summed E-state index contributed by atoms with van der Waals surface area (Å²) in [6, 6.07) is 9.85. The fourth-order valence-corrected chi connectivity index (χ4v) is 4.15. The van der Waals surface area contributed by atoms with Crippen LogP contribution in [0.15, 0.2) is 47.4 Å². The Labute approximate surface area is 191 Å². The van der Waals surface area contributed by atoms with Gasteiger partial charge in [0.15, 0.2) is 6.61 Å². The van der Waals surface area contributed by atoms with Crippen LogP contribution >= 0.6 is 0 Å². The maximum Gasteiger partial charge on any atom is 0.324 e. The fraction of sp³-hybridized carbons (Fsp3) is 0.286. The van der Waals surface area contributed by atoms with Gasteiger partial charge in [0.2, 0.25) is 10.0 Å². The molecule has 0 spiro atoms. The zero-order valence-electron chi connectivity index (χ0n) is 18.6. The number of aromatic nitrogens is 4. The smallest absolute Gasteiger partial charge is 0.324 e. The second-order valence-electron chi connectivity index (χ2n) is 7.35. The van der Waals surface area contributed by atoms with Crippen molar-refractivity contribution in [3.05, 3.63) is 59.5 Å². The number of aryl methyl sites for hydroxylation is 3. The summed E-state index contributed by atoms with van der Waals surface area (Å²) in [7, 11) is -3.91. The first-order valence-corrected chi connectivity index (χ1v) is 11.5. The number of benzene rings is 1. The highest BCUT2D eigenvalue weighted by Gasteiger charge is 2.24. The molecule has 1 atom stereocenters. The lowest BCUT2D eigenvalue weighted by atomic mass is 10.4. The maximum absolute atomic E-state index is 12.4. The minimum Gasteiger partial charge on any atom is -0.454 e. The Morgan fingerprint density at radius 3 is 2.30 bits per heavy atom. The molecule has 12 heteroatoms.